The third-order valence-corrected chi connectivity index (χ3v) is 3.50. The van der Waals surface area contributed by atoms with Crippen LogP contribution in [0.2, 0.25) is 0 Å². The quantitative estimate of drug-likeness (QED) is 0.798. The molecule has 0 aromatic heterocycles. The van der Waals surface area contributed by atoms with Crippen LogP contribution in [0.25, 0.3) is 0 Å². The maximum absolute atomic E-state index is 13.3. The molecule has 1 fully saturated rings. The van der Waals surface area contributed by atoms with Gasteiger partial charge in [0, 0.05) is 30.4 Å². The summed E-state index contributed by atoms with van der Waals surface area (Å²) in [6, 6.07) is 4.11. The fourth-order valence-electron chi connectivity index (χ4n) is 2.29. The first kappa shape index (κ1) is 13.8. The number of anilines is 1. The second-order valence-electron chi connectivity index (χ2n) is 4.93. The van der Waals surface area contributed by atoms with Crippen LogP contribution in [0.3, 0.4) is 0 Å². The van der Waals surface area contributed by atoms with Crippen LogP contribution in [0.1, 0.15) is 36.0 Å². The van der Waals surface area contributed by atoms with Crippen LogP contribution in [-0.4, -0.2) is 35.1 Å². The number of hydrogen-bond acceptors (Lipinski definition) is 3. The first-order valence-electron chi connectivity index (χ1n) is 6.59. The maximum Gasteiger partial charge on any atom is 0.254 e. The molecule has 4 nitrogen and oxygen atoms in total. The summed E-state index contributed by atoms with van der Waals surface area (Å²) in [4.78, 5) is 14.1. The summed E-state index contributed by atoms with van der Waals surface area (Å²) < 4.78 is 13.3. The van der Waals surface area contributed by atoms with Crippen LogP contribution in [0.5, 0.6) is 0 Å². The fourth-order valence-corrected chi connectivity index (χ4v) is 2.29. The van der Waals surface area contributed by atoms with Gasteiger partial charge in [-0.2, -0.15) is 0 Å². The van der Waals surface area contributed by atoms with E-state index < -0.39 is 5.82 Å². The van der Waals surface area contributed by atoms with Gasteiger partial charge in [0.2, 0.25) is 0 Å². The number of rotatable bonds is 5. The first-order chi connectivity index (χ1) is 9.11. The Kier molecular flexibility index (Phi) is 4.37. The first-order valence-corrected chi connectivity index (χ1v) is 6.59. The van der Waals surface area contributed by atoms with Gasteiger partial charge in [0.05, 0.1) is 0 Å². The lowest BCUT2D eigenvalue weighted by molar-refractivity contribution is 0.0562. The SMILES string of the molecule is Nc1cc(F)cc(C(=O)N(CCCO)C2CCC2)c1. The van der Waals surface area contributed by atoms with Gasteiger partial charge in [-0.15, -0.1) is 0 Å². The van der Waals surface area contributed by atoms with Gasteiger partial charge < -0.3 is 15.7 Å². The van der Waals surface area contributed by atoms with Gasteiger partial charge in [-0.05, 0) is 43.9 Å². The number of carbonyl (C=O) groups is 1. The van der Waals surface area contributed by atoms with E-state index in [4.69, 9.17) is 10.8 Å². The Morgan fingerprint density at radius 1 is 1.42 bits per heavy atom. The molecule has 0 aliphatic heterocycles. The predicted octanol–water partition coefficient (Wildman–Crippen LogP) is 1.79. The lowest BCUT2D eigenvalue weighted by Gasteiger charge is -2.37. The van der Waals surface area contributed by atoms with E-state index in [9.17, 15) is 9.18 Å². The molecular formula is C14H19FN2O2. The molecule has 0 radical (unpaired) electrons. The highest BCUT2D eigenvalue weighted by molar-refractivity contribution is 5.95. The number of halogens is 1. The average molecular weight is 266 g/mol. The summed E-state index contributed by atoms with van der Waals surface area (Å²) >= 11 is 0. The van der Waals surface area contributed by atoms with E-state index in [2.05, 4.69) is 0 Å². The molecule has 5 heteroatoms. The van der Waals surface area contributed by atoms with Crippen molar-refractivity contribution in [2.75, 3.05) is 18.9 Å². The molecule has 3 N–H and O–H groups in total. The molecule has 1 saturated carbocycles. The number of carbonyl (C=O) groups excluding carboxylic acids is 1. The molecule has 19 heavy (non-hydrogen) atoms. The van der Waals surface area contributed by atoms with Crippen molar-refractivity contribution in [3.05, 3.63) is 29.6 Å². The maximum atomic E-state index is 13.3. The molecule has 0 atom stereocenters. The Bertz CT molecular complexity index is 441. The van der Waals surface area contributed by atoms with Crippen molar-refractivity contribution < 1.29 is 14.3 Å². The highest BCUT2D eigenvalue weighted by Crippen LogP contribution is 2.27. The molecule has 1 aromatic carbocycles. The van der Waals surface area contributed by atoms with Crippen molar-refractivity contribution >= 4 is 11.6 Å². The van der Waals surface area contributed by atoms with Gasteiger partial charge in [0.15, 0.2) is 0 Å². The number of aliphatic hydroxyl groups is 1. The number of nitrogens with two attached hydrogens (primary N) is 1. The summed E-state index contributed by atoms with van der Waals surface area (Å²) in [7, 11) is 0. The Labute approximate surface area is 112 Å². The van der Waals surface area contributed by atoms with Gasteiger partial charge in [-0.25, -0.2) is 4.39 Å². The Morgan fingerprint density at radius 3 is 2.68 bits per heavy atom. The third-order valence-electron chi connectivity index (χ3n) is 3.50. The van der Waals surface area contributed by atoms with Crippen molar-refractivity contribution in [3.63, 3.8) is 0 Å². The molecule has 1 aromatic rings. The number of nitrogens with zero attached hydrogens (tertiary/aromatic N) is 1. The van der Waals surface area contributed by atoms with Gasteiger partial charge in [-0.1, -0.05) is 0 Å². The van der Waals surface area contributed by atoms with E-state index in [0.29, 0.717) is 13.0 Å². The van der Waals surface area contributed by atoms with Crippen molar-refractivity contribution in [1.82, 2.24) is 4.90 Å². The third kappa shape index (κ3) is 3.23. The number of nitrogen functional groups attached to an aromatic ring is 1. The minimum atomic E-state index is -0.501. The Balaban J connectivity index is 2.17. The van der Waals surface area contributed by atoms with Gasteiger partial charge in [0.1, 0.15) is 5.82 Å². The zero-order valence-corrected chi connectivity index (χ0v) is 10.8. The normalized spacial score (nSPS) is 15.1. The highest BCUT2D eigenvalue weighted by atomic mass is 19.1. The molecular weight excluding hydrogens is 247 g/mol. The molecule has 0 unspecified atom stereocenters. The molecule has 0 bridgehead atoms. The molecule has 0 saturated heterocycles. The van der Waals surface area contributed by atoms with Crippen molar-refractivity contribution in [2.45, 2.75) is 31.7 Å². The molecule has 0 heterocycles. The van der Waals surface area contributed by atoms with Crippen LogP contribution < -0.4 is 5.73 Å². The van der Waals surface area contributed by atoms with Crippen molar-refractivity contribution in [1.29, 1.82) is 0 Å². The average Bonchev–Trinajstić information content (AvgIpc) is 2.29. The number of amides is 1. The largest absolute Gasteiger partial charge is 0.399 e. The molecule has 1 aliphatic carbocycles. The number of aliphatic hydroxyl groups excluding tert-OH is 1. The Hall–Kier alpha value is -1.62. The second-order valence-corrected chi connectivity index (χ2v) is 4.93. The topological polar surface area (TPSA) is 66.6 Å². The second kappa shape index (κ2) is 6.02. The van der Waals surface area contributed by atoms with Crippen molar-refractivity contribution in [2.24, 2.45) is 0 Å². The molecule has 2 rings (SSSR count). The van der Waals surface area contributed by atoms with E-state index >= 15 is 0 Å². The van der Waals surface area contributed by atoms with Crippen LogP contribution in [0.15, 0.2) is 18.2 Å². The summed E-state index contributed by atoms with van der Waals surface area (Å²) in [6.07, 6.45) is 3.59. The smallest absolute Gasteiger partial charge is 0.254 e. The highest BCUT2D eigenvalue weighted by Gasteiger charge is 2.29. The van der Waals surface area contributed by atoms with E-state index in [1.807, 2.05) is 0 Å². The Morgan fingerprint density at radius 2 is 2.16 bits per heavy atom. The van der Waals surface area contributed by atoms with Gasteiger partial charge in [0.25, 0.3) is 5.91 Å². The van der Waals surface area contributed by atoms with E-state index in [1.54, 1.807) is 4.90 Å². The minimum absolute atomic E-state index is 0.0434. The monoisotopic (exact) mass is 266 g/mol. The summed E-state index contributed by atoms with van der Waals surface area (Å²) in [5, 5.41) is 8.91. The van der Waals surface area contributed by atoms with Gasteiger partial charge in [-0.3, -0.25) is 4.79 Å². The molecule has 104 valence electrons. The fraction of sp³-hybridized carbons (Fsp3) is 0.500. The van der Waals surface area contributed by atoms with E-state index in [1.165, 1.54) is 18.2 Å². The van der Waals surface area contributed by atoms with Crippen LogP contribution >= 0.6 is 0 Å². The van der Waals surface area contributed by atoms with E-state index in [-0.39, 0.29) is 29.8 Å². The van der Waals surface area contributed by atoms with Crippen LogP contribution in [0.4, 0.5) is 10.1 Å². The van der Waals surface area contributed by atoms with Crippen LogP contribution in [-0.2, 0) is 0 Å². The molecule has 0 spiro atoms. The summed E-state index contributed by atoms with van der Waals surface area (Å²) in [6.45, 7) is 0.540. The zero-order chi connectivity index (χ0) is 13.8. The van der Waals surface area contributed by atoms with Gasteiger partial charge >= 0.3 is 0 Å². The summed E-state index contributed by atoms with van der Waals surface area (Å²) in [5.74, 6) is -0.705. The van der Waals surface area contributed by atoms with E-state index in [0.717, 1.165) is 19.3 Å². The lowest BCUT2D eigenvalue weighted by atomic mass is 9.90. The minimum Gasteiger partial charge on any atom is -0.399 e. The molecule has 1 amide bonds. The number of benzene rings is 1. The number of hydrogen-bond donors (Lipinski definition) is 2. The lowest BCUT2D eigenvalue weighted by Crippen LogP contribution is -2.45. The standard InChI is InChI=1S/C14H19FN2O2/c15-11-7-10(8-12(16)9-11)14(19)17(5-2-6-18)13-3-1-4-13/h7-9,13,18H,1-6,16H2. The summed E-state index contributed by atoms with van der Waals surface area (Å²) in [5.41, 5.74) is 6.10. The molecule has 1 aliphatic rings. The van der Waals surface area contributed by atoms with Crippen molar-refractivity contribution in [3.8, 4) is 0 Å². The zero-order valence-electron chi connectivity index (χ0n) is 10.8. The van der Waals surface area contributed by atoms with Crippen LogP contribution in [0, 0.1) is 5.82 Å². The predicted molar refractivity (Wildman–Crippen MR) is 71.2 cm³/mol.